The van der Waals surface area contributed by atoms with Crippen molar-refractivity contribution >= 4 is 15.7 Å². The summed E-state index contributed by atoms with van der Waals surface area (Å²) < 4.78 is 29.4. The highest BCUT2D eigenvalue weighted by atomic mass is 32.2. The molecule has 0 spiro atoms. The van der Waals surface area contributed by atoms with Crippen LogP contribution in [0.3, 0.4) is 0 Å². The fourth-order valence-corrected chi connectivity index (χ4v) is 5.11. The minimum absolute atomic E-state index is 0.373. The molecule has 2 heterocycles. The second-order valence-corrected chi connectivity index (χ2v) is 7.92. The SMILES string of the molecule is CCn1nc(C)c(S(=O)(=O)N2CCN(c3ccccc3)CC2)c1C. The number of anilines is 1. The van der Waals surface area contributed by atoms with Gasteiger partial charge in [-0.3, -0.25) is 4.68 Å². The van der Waals surface area contributed by atoms with Crippen LogP contribution in [-0.4, -0.2) is 48.7 Å². The van der Waals surface area contributed by atoms with Crippen molar-refractivity contribution in [1.29, 1.82) is 0 Å². The maximum atomic E-state index is 13.1. The van der Waals surface area contributed by atoms with Gasteiger partial charge in [-0.05, 0) is 32.9 Å². The van der Waals surface area contributed by atoms with E-state index in [0.29, 0.717) is 43.3 Å². The van der Waals surface area contributed by atoms with Crippen LogP contribution in [0.1, 0.15) is 18.3 Å². The van der Waals surface area contributed by atoms with Crippen molar-refractivity contribution in [2.24, 2.45) is 0 Å². The number of piperazine rings is 1. The molecule has 6 nitrogen and oxygen atoms in total. The minimum Gasteiger partial charge on any atom is -0.369 e. The molecule has 1 fully saturated rings. The van der Waals surface area contributed by atoms with E-state index in [1.54, 1.807) is 15.9 Å². The van der Waals surface area contributed by atoms with Crippen molar-refractivity contribution in [3.05, 3.63) is 41.7 Å². The Labute approximate surface area is 143 Å². The third-order valence-corrected chi connectivity index (χ3v) is 6.72. The van der Waals surface area contributed by atoms with Crippen molar-refractivity contribution < 1.29 is 8.42 Å². The fourth-order valence-electron chi connectivity index (χ4n) is 3.32. The largest absolute Gasteiger partial charge is 0.369 e. The Morgan fingerprint density at radius 2 is 1.67 bits per heavy atom. The first kappa shape index (κ1) is 17.0. The molecular formula is C17H24N4O2S. The Balaban J connectivity index is 1.80. The maximum absolute atomic E-state index is 13.1. The van der Waals surface area contributed by atoms with Crippen molar-refractivity contribution in [3.8, 4) is 0 Å². The molecule has 1 aliphatic rings. The lowest BCUT2D eigenvalue weighted by Crippen LogP contribution is -2.48. The van der Waals surface area contributed by atoms with Crippen LogP contribution < -0.4 is 4.90 Å². The molecule has 3 rings (SSSR count). The summed E-state index contributed by atoms with van der Waals surface area (Å²) in [7, 11) is -3.49. The molecule has 24 heavy (non-hydrogen) atoms. The Bertz CT molecular complexity index is 807. The smallest absolute Gasteiger partial charge is 0.246 e. The van der Waals surface area contributed by atoms with E-state index in [9.17, 15) is 8.42 Å². The fraction of sp³-hybridized carbons (Fsp3) is 0.471. The predicted molar refractivity (Wildman–Crippen MR) is 94.8 cm³/mol. The molecule has 0 atom stereocenters. The molecule has 2 aromatic rings. The van der Waals surface area contributed by atoms with E-state index in [2.05, 4.69) is 22.1 Å². The first-order valence-electron chi connectivity index (χ1n) is 8.29. The highest BCUT2D eigenvalue weighted by Gasteiger charge is 2.33. The number of hydrogen-bond acceptors (Lipinski definition) is 4. The second-order valence-electron chi connectivity index (χ2n) is 6.04. The van der Waals surface area contributed by atoms with Gasteiger partial charge in [0.1, 0.15) is 4.90 Å². The third kappa shape index (κ3) is 2.93. The van der Waals surface area contributed by atoms with Gasteiger partial charge < -0.3 is 4.90 Å². The first-order chi connectivity index (χ1) is 11.4. The number of para-hydroxylation sites is 1. The van der Waals surface area contributed by atoms with Crippen molar-refractivity contribution in [3.63, 3.8) is 0 Å². The Morgan fingerprint density at radius 3 is 2.21 bits per heavy atom. The summed E-state index contributed by atoms with van der Waals surface area (Å²) in [4.78, 5) is 2.60. The zero-order valence-electron chi connectivity index (χ0n) is 14.4. The average Bonchev–Trinajstić information content (AvgIpc) is 2.90. The molecule has 0 bridgehead atoms. The van der Waals surface area contributed by atoms with Crippen LogP contribution in [0.2, 0.25) is 0 Å². The summed E-state index contributed by atoms with van der Waals surface area (Å²) >= 11 is 0. The molecule has 0 aliphatic carbocycles. The molecule has 1 saturated heterocycles. The zero-order chi connectivity index (χ0) is 17.3. The standard InChI is InChI=1S/C17H24N4O2S/c1-4-21-15(3)17(14(2)18-21)24(22,23)20-12-10-19(11-13-20)16-8-6-5-7-9-16/h5-9H,4,10-13H2,1-3H3. The van der Waals surface area contributed by atoms with E-state index in [1.807, 2.05) is 32.0 Å². The van der Waals surface area contributed by atoms with E-state index in [0.717, 1.165) is 11.4 Å². The van der Waals surface area contributed by atoms with Gasteiger partial charge in [0.05, 0.1) is 11.4 Å². The van der Waals surface area contributed by atoms with Gasteiger partial charge in [0.2, 0.25) is 10.0 Å². The number of rotatable bonds is 4. The monoisotopic (exact) mass is 348 g/mol. The number of nitrogens with zero attached hydrogens (tertiary/aromatic N) is 4. The maximum Gasteiger partial charge on any atom is 0.246 e. The van der Waals surface area contributed by atoms with Crippen molar-refractivity contribution in [1.82, 2.24) is 14.1 Å². The summed E-state index contributed by atoms with van der Waals surface area (Å²) in [6.07, 6.45) is 0. The van der Waals surface area contributed by atoms with E-state index >= 15 is 0 Å². The molecule has 1 aliphatic heterocycles. The van der Waals surface area contributed by atoms with E-state index in [1.165, 1.54) is 0 Å². The third-order valence-electron chi connectivity index (χ3n) is 4.57. The van der Waals surface area contributed by atoms with Gasteiger partial charge in [0.15, 0.2) is 0 Å². The molecule has 0 amide bonds. The van der Waals surface area contributed by atoms with Gasteiger partial charge in [-0.25, -0.2) is 8.42 Å². The second kappa shape index (κ2) is 6.57. The van der Waals surface area contributed by atoms with Gasteiger partial charge >= 0.3 is 0 Å². The number of aryl methyl sites for hydroxylation is 2. The van der Waals surface area contributed by atoms with Crippen LogP contribution in [0.4, 0.5) is 5.69 Å². The molecule has 130 valence electrons. The quantitative estimate of drug-likeness (QED) is 0.848. The normalized spacial score (nSPS) is 16.5. The van der Waals surface area contributed by atoms with Crippen LogP contribution in [0.5, 0.6) is 0 Å². The summed E-state index contributed by atoms with van der Waals surface area (Å²) in [5.41, 5.74) is 2.45. The summed E-state index contributed by atoms with van der Waals surface area (Å²) in [6.45, 7) is 8.62. The van der Waals surface area contributed by atoms with Crippen LogP contribution in [0.25, 0.3) is 0 Å². The van der Waals surface area contributed by atoms with Crippen molar-refractivity contribution in [2.75, 3.05) is 31.1 Å². The Kier molecular flexibility index (Phi) is 4.64. The highest BCUT2D eigenvalue weighted by molar-refractivity contribution is 7.89. The average molecular weight is 348 g/mol. The molecule has 0 unspecified atom stereocenters. The number of benzene rings is 1. The lowest BCUT2D eigenvalue weighted by Gasteiger charge is -2.35. The van der Waals surface area contributed by atoms with Gasteiger partial charge in [0.25, 0.3) is 0 Å². The molecule has 0 N–H and O–H groups in total. The first-order valence-corrected chi connectivity index (χ1v) is 9.73. The van der Waals surface area contributed by atoms with Gasteiger partial charge in [0, 0.05) is 38.4 Å². The van der Waals surface area contributed by atoms with Crippen LogP contribution in [0, 0.1) is 13.8 Å². The molecule has 0 saturated carbocycles. The van der Waals surface area contributed by atoms with Gasteiger partial charge in [-0.15, -0.1) is 0 Å². The summed E-state index contributed by atoms with van der Waals surface area (Å²) in [6, 6.07) is 10.1. The lowest BCUT2D eigenvalue weighted by atomic mass is 10.2. The molecule has 0 radical (unpaired) electrons. The molecular weight excluding hydrogens is 324 g/mol. The number of aromatic nitrogens is 2. The number of hydrogen-bond donors (Lipinski definition) is 0. The van der Waals surface area contributed by atoms with Crippen LogP contribution in [0.15, 0.2) is 35.2 Å². The predicted octanol–water partition coefficient (Wildman–Crippen LogP) is 2.03. The van der Waals surface area contributed by atoms with Crippen molar-refractivity contribution in [2.45, 2.75) is 32.2 Å². The van der Waals surface area contributed by atoms with Gasteiger partial charge in [-0.2, -0.15) is 9.40 Å². The van der Waals surface area contributed by atoms with E-state index in [4.69, 9.17) is 0 Å². The Hall–Kier alpha value is -1.86. The summed E-state index contributed by atoms with van der Waals surface area (Å²) in [5, 5.41) is 4.35. The van der Waals surface area contributed by atoms with E-state index in [-0.39, 0.29) is 0 Å². The summed E-state index contributed by atoms with van der Waals surface area (Å²) in [5.74, 6) is 0. The topological polar surface area (TPSA) is 58.4 Å². The molecule has 7 heteroatoms. The molecule has 1 aromatic heterocycles. The van der Waals surface area contributed by atoms with Crippen LogP contribution >= 0.6 is 0 Å². The molecule has 1 aromatic carbocycles. The zero-order valence-corrected chi connectivity index (χ0v) is 15.3. The van der Waals surface area contributed by atoms with E-state index < -0.39 is 10.0 Å². The lowest BCUT2D eigenvalue weighted by molar-refractivity contribution is 0.384. The minimum atomic E-state index is -3.49. The van der Waals surface area contributed by atoms with Crippen LogP contribution in [-0.2, 0) is 16.6 Å². The highest BCUT2D eigenvalue weighted by Crippen LogP contribution is 2.25. The Morgan fingerprint density at radius 1 is 1.04 bits per heavy atom. The van der Waals surface area contributed by atoms with Gasteiger partial charge in [-0.1, -0.05) is 18.2 Å². The number of sulfonamides is 1.